The average molecular weight is 326 g/mol. The van der Waals surface area contributed by atoms with Gasteiger partial charge in [-0.25, -0.2) is 14.4 Å². The predicted molar refractivity (Wildman–Crippen MR) is 89.7 cm³/mol. The van der Waals surface area contributed by atoms with Crippen LogP contribution in [-0.4, -0.2) is 45.7 Å². The number of morpholine rings is 1. The van der Waals surface area contributed by atoms with Crippen molar-refractivity contribution in [1.29, 1.82) is 0 Å². The molecular formula is C18H19FN4O. The second kappa shape index (κ2) is 6.30. The lowest BCUT2D eigenvalue weighted by atomic mass is 10.1. The zero-order valence-corrected chi connectivity index (χ0v) is 13.6. The van der Waals surface area contributed by atoms with Crippen molar-refractivity contribution in [1.82, 2.24) is 19.4 Å². The first kappa shape index (κ1) is 15.2. The Kier molecular flexibility index (Phi) is 4.00. The van der Waals surface area contributed by atoms with E-state index in [-0.39, 0.29) is 5.82 Å². The summed E-state index contributed by atoms with van der Waals surface area (Å²) in [4.78, 5) is 10.9. The Labute approximate surface area is 139 Å². The van der Waals surface area contributed by atoms with Crippen LogP contribution in [0.4, 0.5) is 4.39 Å². The maximum absolute atomic E-state index is 14.6. The van der Waals surface area contributed by atoms with Gasteiger partial charge in [-0.1, -0.05) is 6.07 Å². The first-order chi connectivity index (χ1) is 11.7. The second-order valence-electron chi connectivity index (χ2n) is 6.05. The molecule has 2 aromatic heterocycles. The summed E-state index contributed by atoms with van der Waals surface area (Å²) in [6.07, 6.45) is 3.69. The van der Waals surface area contributed by atoms with Crippen LogP contribution >= 0.6 is 0 Å². The predicted octanol–water partition coefficient (Wildman–Crippen LogP) is 2.70. The van der Waals surface area contributed by atoms with E-state index in [1.165, 1.54) is 0 Å². The molecule has 1 saturated heterocycles. The molecular weight excluding hydrogens is 307 g/mol. The minimum absolute atomic E-state index is 0.188. The molecule has 0 aliphatic carbocycles. The van der Waals surface area contributed by atoms with Gasteiger partial charge in [0.25, 0.3) is 0 Å². The van der Waals surface area contributed by atoms with Crippen molar-refractivity contribution in [2.24, 2.45) is 0 Å². The quantitative estimate of drug-likeness (QED) is 0.742. The number of nitrogens with zero attached hydrogens (tertiary/aromatic N) is 4. The van der Waals surface area contributed by atoms with E-state index in [2.05, 4.69) is 14.9 Å². The molecule has 1 aliphatic heterocycles. The van der Waals surface area contributed by atoms with E-state index >= 15 is 0 Å². The number of hydrogen-bond acceptors (Lipinski definition) is 4. The van der Waals surface area contributed by atoms with E-state index in [0.29, 0.717) is 31.1 Å². The van der Waals surface area contributed by atoms with Crippen LogP contribution in [-0.2, 0) is 11.3 Å². The minimum atomic E-state index is -0.188. The van der Waals surface area contributed by atoms with Crippen molar-refractivity contribution in [2.45, 2.75) is 13.5 Å². The molecule has 0 spiro atoms. The minimum Gasteiger partial charge on any atom is -0.379 e. The molecule has 0 saturated carbocycles. The van der Waals surface area contributed by atoms with Crippen LogP contribution in [0.15, 0.2) is 36.7 Å². The van der Waals surface area contributed by atoms with Gasteiger partial charge in [0.1, 0.15) is 17.3 Å². The van der Waals surface area contributed by atoms with Crippen molar-refractivity contribution in [3.63, 3.8) is 0 Å². The molecule has 1 aromatic carbocycles. The van der Waals surface area contributed by atoms with Crippen LogP contribution in [0.25, 0.3) is 16.7 Å². The Morgan fingerprint density at radius 1 is 1.21 bits per heavy atom. The Morgan fingerprint density at radius 3 is 2.83 bits per heavy atom. The van der Waals surface area contributed by atoms with Gasteiger partial charge in [0.05, 0.1) is 13.2 Å². The average Bonchev–Trinajstić information content (AvgIpc) is 3.00. The molecule has 0 bridgehead atoms. The van der Waals surface area contributed by atoms with Crippen LogP contribution in [0.3, 0.4) is 0 Å². The van der Waals surface area contributed by atoms with E-state index in [4.69, 9.17) is 4.74 Å². The molecule has 3 aromatic rings. The zero-order valence-electron chi connectivity index (χ0n) is 13.6. The summed E-state index contributed by atoms with van der Waals surface area (Å²) in [7, 11) is 0. The van der Waals surface area contributed by atoms with E-state index in [9.17, 15) is 4.39 Å². The lowest BCUT2D eigenvalue weighted by Crippen LogP contribution is -2.35. The van der Waals surface area contributed by atoms with Crippen LogP contribution < -0.4 is 0 Å². The lowest BCUT2D eigenvalue weighted by Gasteiger charge is -2.26. The normalized spacial score (nSPS) is 15.9. The second-order valence-corrected chi connectivity index (χ2v) is 6.05. The topological polar surface area (TPSA) is 43.2 Å². The lowest BCUT2D eigenvalue weighted by molar-refractivity contribution is 0.0337. The van der Waals surface area contributed by atoms with Gasteiger partial charge < -0.3 is 9.30 Å². The van der Waals surface area contributed by atoms with Crippen LogP contribution in [0, 0.1) is 12.7 Å². The van der Waals surface area contributed by atoms with Gasteiger partial charge >= 0.3 is 0 Å². The fourth-order valence-electron chi connectivity index (χ4n) is 3.03. The maximum atomic E-state index is 14.6. The van der Waals surface area contributed by atoms with E-state index in [0.717, 1.165) is 29.8 Å². The van der Waals surface area contributed by atoms with Crippen molar-refractivity contribution >= 4 is 11.0 Å². The first-order valence-corrected chi connectivity index (χ1v) is 8.10. The summed E-state index contributed by atoms with van der Waals surface area (Å²) in [6.45, 7) is 5.59. The van der Waals surface area contributed by atoms with Crippen LogP contribution in [0.5, 0.6) is 0 Å². The molecule has 6 heteroatoms. The maximum Gasteiger partial charge on any atom is 0.148 e. The molecule has 4 rings (SSSR count). The molecule has 0 radical (unpaired) electrons. The number of halogens is 1. The summed E-state index contributed by atoms with van der Waals surface area (Å²) < 4.78 is 21.8. The number of aryl methyl sites for hydroxylation is 1. The summed E-state index contributed by atoms with van der Waals surface area (Å²) in [5, 5.41) is 0.943. The molecule has 0 amide bonds. The summed E-state index contributed by atoms with van der Waals surface area (Å²) in [6, 6.07) is 7.32. The third-order valence-electron chi connectivity index (χ3n) is 4.36. The van der Waals surface area contributed by atoms with Gasteiger partial charge in [-0.2, -0.15) is 0 Å². The monoisotopic (exact) mass is 326 g/mol. The molecule has 1 aliphatic rings. The molecule has 124 valence electrons. The molecule has 1 fully saturated rings. The van der Waals surface area contributed by atoms with Gasteiger partial charge in [0.15, 0.2) is 0 Å². The summed E-state index contributed by atoms with van der Waals surface area (Å²) >= 11 is 0. The highest BCUT2D eigenvalue weighted by Gasteiger charge is 2.14. The number of rotatable bonds is 3. The number of hydrogen-bond donors (Lipinski definition) is 0. The number of fused-ring (bicyclic) bond motifs is 1. The van der Waals surface area contributed by atoms with Crippen LogP contribution in [0.1, 0.15) is 11.4 Å². The van der Waals surface area contributed by atoms with Crippen molar-refractivity contribution < 1.29 is 9.13 Å². The molecule has 5 nitrogen and oxygen atoms in total. The van der Waals surface area contributed by atoms with Crippen LogP contribution in [0.2, 0.25) is 0 Å². The van der Waals surface area contributed by atoms with E-state index in [1.807, 2.05) is 35.9 Å². The van der Waals surface area contributed by atoms with Gasteiger partial charge in [-0.15, -0.1) is 0 Å². The van der Waals surface area contributed by atoms with Gasteiger partial charge in [0, 0.05) is 48.7 Å². The summed E-state index contributed by atoms with van der Waals surface area (Å²) in [5.41, 5.74) is 2.28. The fraction of sp³-hybridized carbons (Fsp3) is 0.333. The first-order valence-electron chi connectivity index (χ1n) is 8.10. The van der Waals surface area contributed by atoms with Gasteiger partial charge in [-0.3, -0.25) is 4.90 Å². The number of ether oxygens (including phenoxy) is 1. The molecule has 24 heavy (non-hydrogen) atoms. The van der Waals surface area contributed by atoms with E-state index < -0.39 is 0 Å². The molecule has 3 heterocycles. The highest BCUT2D eigenvalue weighted by atomic mass is 19.1. The largest absolute Gasteiger partial charge is 0.379 e. The highest BCUT2D eigenvalue weighted by Crippen LogP contribution is 2.21. The van der Waals surface area contributed by atoms with E-state index in [1.54, 1.807) is 12.3 Å². The van der Waals surface area contributed by atoms with Crippen molar-refractivity contribution in [3.8, 4) is 5.69 Å². The SMILES string of the molecule is Cc1ncc2ccn(-c3ccc(CN4CCOCC4)c(F)c3)c2n1. The summed E-state index contributed by atoms with van der Waals surface area (Å²) in [5.74, 6) is 0.512. The molecule has 0 N–H and O–H groups in total. The Hall–Kier alpha value is -2.31. The van der Waals surface area contributed by atoms with Crippen molar-refractivity contribution in [3.05, 3.63) is 53.9 Å². The fourth-order valence-corrected chi connectivity index (χ4v) is 3.03. The number of benzene rings is 1. The zero-order chi connectivity index (χ0) is 16.5. The Morgan fingerprint density at radius 2 is 2.04 bits per heavy atom. The Balaban J connectivity index is 1.64. The third kappa shape index (κ3) is 2.90. The van der Waals surface area contributed by atoms with Gasteiger partial charge in [-0.05, 0) is 25.1 Å². The Bertz CT molecular complexity index is 871. The number of aromatic nitrogens is 3. The standard InChI is InChI=1S/C18H19FN4O/c1-13-20-11-14-4-5-23(18(14)21-13)16-3-2-15(17(19)10-16)12-22-6-8-24-9-7-22/h2-5,10-11H,6-9,12H2,1H3. The third-order valence-corrected chi connectivity index (χ3v) is 4.36. The molecule has 0 unspecified atom stereocenters. The van der Waals surface area contributed by atoms with Crippen molar-refractivity contribution in [2.75, 3.05) is 26.3 Å². The smallest absolute Gasteiger partial charge is 0.148 e. The van der Waals surface area contributed by atoms with Gasteiger partial charge in [0.2, 0.25) is 0 Å². The highest BCUT2D eigenvalue weighted by molar-refractivity contribution is 5.77. The molecule has 0 atom stereocenters.